The van der Waals surface area contributed by atoms with Crippen LogP contribution in [-0.2, 0) is 4.79 Å². The highest BCUT2D eigenvalue weighted by Crippen LogP contribution is 2.32. The summed E-state index contributed by atoms with van der Waals surface area (Å²) >= 11 is 0. The number of rotatable bonds is 6. The van der Waals surface area contributed by atoms with E-state index in [0.29, 0.717) is 31.1 Å². The number of nitrogens with zero attached hydrogens (tertiary/aromatic N) is 1. The Morgan fingerprint density at radius 2 is 1.93 bits per heavy atom. The zero-order valence-electron chi connectivity index (χ0n) is 16.9. The lowest BCUT2D eigenvalue weighted by Crippen LogP contribution is -2.47. The fraction of sp³-hybridized carbons (Fsp3) is 0.478. The number of carbonyl (C=O) groups is 2. The zero-order valence-corrected chi connectivity index (χ0v) is 16.9. The molecule has 6 heteroatoms. The number of piperidine rings is 1. The molecule has 29 heavy (non-hydrogen) atoms. The van der Waals surface area contributed by atoms with Crippen LogP contribution in [0.2, 0.25) is 0 Å². The van der Waals surface area contributed by atoms with Gasteiger partial charge < -0.3 is 20.7 Å². The summed E-state index contributed by atoms with van der Waals surface area (Å²) in [4.78, 5) is 27.7. The van der Waals surface area contributed by atoms with Crippen LogP contribution in [0.4, 0.5) is 0 Å². The predicted octanol–water partition coefficient (Wildman–Crippen LogP) is 2.55. The van der Waals surface area contributed by atoms with Crippen LogP contribution >= 0.6 is 0 Å². The van der Waals surface area contributed by atoms with Gasteiger partial charge in [-0.3, -0.25) is 9.59 Å². The Balaban J connectivity index is 1.46. The molecule has 1 aliphatic heterocycles. The maximum absolute atomic E-state index is 13.3. The van der Waals surface area contributed by atoms with Crippen molar-refractivity contribution in [2.45, 2.75) is 31.7 Å². The molecule has 2 fully saturated rings. The van der Waals surface area contributed by atoms with Crippen molar-refractivity contribution in [3.05, 3.63) is 42.0 Å². The molecule has 2 unspecified atom stereocenters. The third-order valence-electron chi connectivity index (χ3n) is 6.15. The van der Waals surface area contributed by atoms with Crippen LogP contribution in [0, 0.1) is 11.8 Å². The molecule has 1 aliphatic carbocycles. The van der Waals surface area contributed by atoms with Gasteiger partial charge in [0.15, 0.2) is 0 Å². The lowest BCUT2D eigenvalue weighted by atomic mass is 9.95. The molecule has 2 aromatic carbocycles. The summed E-state index contributed by atoms with van der Waals surface area (Å²) in [7, 11) is 1.63. The van der Waals surface area contributed by atoms with Gasteiger partial charge in [0.05, 0.1) is 13.0 Å². The second-order valence-electron chi connectivity index (χ2n) is 8.20. The first-order chi connectivity index (χ1) is 14.1. The summed E-state index contributed by atoms with van der Waals surface area (Å²) in [5.41, 5.74) is 6.75. The summed E-state index contributed by atoms with van der Waals surface area (Å²) < 4.78 is 5.44. The van der Waals surface area contributed by atoms with Crippen molar-refractivity contribution in [1.82, 2.24) is 10.2 Å². The molecular formula is C23H29N3O3. The lowest BCUT2D eigenvalue weighted by molar-refractivity contribution is -0.126. The van der Waals surface area contributed by atoms with Crippen LogP contribution in [-0.4, -0.2) is 49.5 Å². The minimum atomic E-state index is -0.177. The topological polar surface area (TPSA) is 84.7 Å². The van der Waals surface area contributed by atoms with E-state index in [1.165, 1.54) is 12.8 Å². The second kappa shape index (κ2) is 8.41. The van der Waals surface area contributed by atoms with E-state index in [2.05, 4.69) is 5.32 Å². The molecule has 2 aromatic rings. The second-order valence-corrected chi connectivity index (χ2v) is 8.20. The molecule has 0 bridgehead atoms. The van der Waals surface area contributed by atoms with Gasteiger partial charge in [0.1, 0.15) is 5.75 Å². The normalized spacial score (nSPS) is 20.3. The maximum atomic E-state index is 13.3. The monoisotopic (exact) mass is 395 g/mol. The summed E-state index contributed by atoms with van der Waals surface area (Å²) in [6.07, 6.45) is 3.96. The van der Waals surface area contributed by atoms with Crippen molar-refractivity contribution in [3.8, 4) is 5.75 Å². The van der Waals surface area contributed by atoms with Gasteiger partial charge in [-0.25, -0.2) is 0 Å². The molecule has 3 N–H and O–H groups in total. The van der Waals surface area contributed by atoms with Crippen molar-refractivity contribution in [2.24, 2.45) is 17.6 Å². The molecule has 2 amide bonds. The van der Waals surface area contributed by atoms with Crippen molar-refractivity contribution in [2.75, 3.05) is 26.7 Å². The highest BCUT2D eigenvalue weighted by molar-refractivity contribution is 6.08. The van der Waals surface area contributed by atoms with Gasteiger partial charge in [-0.2, -0.15) is 0 Å². The number of nitrogens with two attached hydrogens (primary N) is 1. The number of ether oxygens (including phenoxy) is 1. The van der Waals surface area contributed by atoms with Crippen LogP contribution in [0.1, 0.15) is 36.0 Å². The third-order valence-corrected chi connectivity index (χ3v) is 6.15. The number of hydrogen-bond donors (Lipinski definition) is 2. The van der Waals surface area contributed by atoms with Gasteiger partial charge in [0.25, 0.3) is 5.91 Å². The zero-order chi connectivity index (χ0) is 20.4. The van der Waals surface area contributed by atoms with Crippen molar-refractivity contribution in [1.29, 1.82) is 0 Å². The van der Waals surface area contributed by atoms with E-state index >= 15 is 0 Å². The Hall–Kier alpha value is -2.60. The number of amides is 2. The average Bonchev–Trinajstić information content (AvgIpc) is 3.61. The van der Waals surface area contributed by atoms with Crippen LogP contribution in [0.15, 0.2) is 36.4 Å². The van der Waals surface area contributed by atoms with E-state index in [1.54, 1.807) is 7.11 Å². The number of nitrogens with one attached hydrogen (secondary N) is 1. The Labute approximate surface area is 171 Å². The minimum Gasteiger partial charge on any atom is -0.496 e. The van der Waals surface area contributed by atoms with Crippen molar-refractivity contribution in [3.63, 3.8) is 0 Å². The summed E-state index contributed by atoms with van der Waals surface area (Å²) in [6.45, 7) is 1.64. The van der Waals surface area contributed by atoms with Crippen LogP contribution in [0.25, 0.3) is 10.8 Å². The Morgan fingerprint density at radius 1 is 1.17 bits per heavy atom. The first-order valence-electron chi connectivity index (χ1n) is 10.5. The van der Waals surface area contributed by atoms with Gasteiger partial charge >= 0.3 is 0 Å². The van der Waals surface area contributed by atoms with E-state index in [9.17, 15) is 9.59 Å². The molecule has 4 rings (SSSR count). The molecule has 0 aromatic heterocycles. The standard InChI is InChI=1S/C23H29N3O3/c1-29-21-11-10-19(17-6-2-3-7-18(17)21)23(28)26-12-4-5-16(14-26)22(27)25-13-20(24)15-8-9-15/h2-3,6-7,10-11,15-16,20H,4-5,8-9,12-14,24H2,1H3,(H,25,27). The number of hydrogen-bond acceptors (Lipinski definition) is 4. The van der Waals surface area contributed by atoms with E-state index in [1.807, 2.05) is 41.3 Å². The molecule has 1 saturated heterocycles. The predicted molar refractivity (Wildman–Crippen MR) is 113 cm³/mol. The van der Waals surface area contributed by atoms with Crippen LogP contribution in [0.5, 0.6) is 5.75 Å². The molecule has 6 nitrogen and oxygen atoms in total. The Bertz CT molecular complexity index is 909. The lowest BCUT2D eigenvalue weighted by Gasteiger charge is -2.32. The van der Waals surface area contributed by atoms with Crippen molar-refractivity contribution < 1.29 is 14.3 Å². The van der Waals surface area contributed by atoms with E-state index < -0.39 is 0 Å². The number of benzene rings is 2. The Kier molecular flexibility index (Phi) is 5.72. The summed E-state index contributed by atoms with van der Waals surface area (Å²) in [5.74, 6) is 1.11. The fourth-order valence-electron chi connectivity index (χ4n) is 4.24. The SMILES string of the molecule is COc1ccc(C(=O)N2CCCC(C(=O)NCC(N)C3CC3)C2)c2ccccc12. The summed E-state index contributed by atoms with van der Waals surface area (Å²) in [6, 6.07) is 11.5. The van der Waals surface area contributed by atoms with Gasteiger partial charge in [0.2, 0.25) is 5.91 Å². The number of carbonyl (C=O) groups excluding carboxylic acids is 2. The first kappa shape index (κ1) is 19.7. The first-order valence-corrected chi connectivity index (χ1v) is 10.5. The average molecular weight is 396 g/mol. The van der Waals surface area contributed by atoms with Gasteiger partial charge in [-0.05, 0) is 49.1 Å². The van der Waals surface area contributed by atoms with Gasteiger partial charge in [-0.1, -0.05) is 24.3 Å². The molecule has 154 valence electrons. The molecule has 1 heterocycles. The molecular weight excluding hydrogens is 366 g/mol. The molecule has 2 aliphatic rings. The molecule has 2 atom stereocenters. The number of fused-ring (bicyclic) bond motifs is 1. The Morgan fingerprint density at radius 3 is 2.66 bits per heavy atom. The highest BCUT2D eigenvalue weighted by atomic mass is 16.5. The smallest absolute Gasteiger partial charge is 0.254 e. The highest BCUT2D eigenvalue weighted by Gasteiger charge is 2.32. The molecule has 1 saturated carbocycles. The number of methoxy groups -OCH3 is 1. The van der Waals surface area contributed by atoms with E-state index in [-0.39, 0.29) is 23.8 Å². The summed E-state index contributed by atoms with van der Waals surface area (Å²) in [5, 5.41) is 4.79. The quantitative estimate of drug-likeness (QED) is 0.787. The van der Waals surface area contributed by atoms with Gasteiger partial charge in [-0.15, -0.1) is 0 Å². The van der Waals surface area contributed by atoms with E-state index in [0.717, 1.165) is 29.4 Å². The molecule has 0 radical (unpaired) electrons. The van der Waals surface area contributed by atoms with Crippen molar-refractivity contribution >= 4 is 22.6 Å². The number of likely N-dealkylation sites (tertiary alicyclic amines) is 1. The van der Waals surface area contributed by atoms with Crippen LogP contribution < -0.4 is 15.8 Å². The third kappa shape index (κ3) is 4.22. The van der Waals surface area contributed by atoms with Gasteiger partial charge in [0, 0.05) is 36.6 Å². The minimum absolute atomic E-state index is 0.0122. The largest absolute Gasteiger partial charge is 0.496 e. The molecule has 0 spiro atoms. The van der Waals surface area contributed by atoms with E-state index in [4.69, 9.17) is 10.5 Å². The fourth-order valence-corrected chi connectivity index (χ4v) is 4.24. The maximum Gasteiger partial charge on any atom is 0.254 e. The van der Waals surface area contributed by atoms with Crippen LogP contribution in [0.3, 0.4) is 0 Å².